The average Bonchev–Trinajstić information content (AvgIpc) is 2.89. The van der Waals surface area contributed by atoms with Crippen molar-refractivity contribution in [2.45, 2.75) is 37.0 Å². The van der Waals surface area contributed by atoms with E-state index in [1.54, 1.807) is 27.5 Å². The summed E-state index contributed by atoms with van der Waals surface area (Å²) in [6, 6.07) is -0.263. The van der Waals surface area contributed by atoms with Gasteiger partial charge in [-0.1, -0.05) is 0 Å². The van der Waals surface area contributed by atoms with Crippen LogP contribution in [0, 0.1) is 0 Å². The second-order valence-electron chi connectivity index (χ2n) is 5.22. The maximum absolute atomic E-state index is 12.6. The molecule has 0 aliphatic carbocycles. The maximum Gasteiger partial charge on any atom is 0.245 e. The number of halogens is 1. The highest BCUT2D eigenvalue weighted by Crippen LogP contribution is 2.42. The molecule has 6 heteroatoms. The molecule has 3 aliphatic heterocycles. The van der Waals surface area contributed by atoms with Crippen LogP contribution in [-0.2, 0) is 9.59 Å². The number of likely N-dealkylation sites (tertiary alicyclic amines) is 1. The summed E-state index contributed by atoms with van der Waals surface area (Å²) < 4.78 is 0.0589. The lowest BCUT2D eigenvalue weighted by atomic mass is 9.93. The topological polar surface area (TPSA) is 52.7 Å². The summed E-state index contributed by atoms with van der Waals surface area (Å²) in [4.78, 5) is 28.1. The van der Waals surface area contributed by atoms with Crippen molar-refractivity contribution in [3.8, 4) is 0 Å². The molecule has 3 rings (SSSR count). The molecule has 3 saturated heterocycles. The molecule has 3 heterocycles. The first-order valence-corrected chi connectivity index (χ1v) is 7.11. The van der Waals surface area contributed by atoms with Gasteiger partial charge in [0.1, 0.15) is 11.6 Å². The Balaban J connectivity index is 1.92. The quantitative estimate of drug-likeness (QED) is 0.533. The lowest BCUT2D eigenvalue weighted by molar-refractivity contribution is -0.139. The van der Waals surface area contributed by atoms with Crippen molar-refractivity contribution in [1.29, 1.82) is 0 Å². The van der Waals surface area contributed by atoms with Gasteiger partial charge in [-0.05, 0) is 26.4 Å². The summed E-state index contributed by atoms with van der Waals surface area (Å²) in [7, 11) is 2.02. The van der Waals surface area contributed by atoms with Gasteiger partial charge in [0.15, 0.2) is 0 Å². The van der Waals surface area contributed by atoms with E-state index in [2.05, 4.69) is 10.2 Å². The summed E-state index contributed by atoms with van der Waals surface area (Å²) in [5.41, 5.74) is -0.331. The predicted octanol–water partition coefficient (Wildman–Crippen LogP) is -0.0574. The zero-order valence-electron chi connectivity index (χ0n) is 9.78. The van der Waals surface area contributed by atoms with Crippen molar-refractivity contribution in [1.82, 2.24) is 15.1 Å². The molecule has 3 atom stereocenters. The van der Waals surface area contributed by atoms with Gasteiger partial charge in [0.05, 0.1) is 6.17 Å². The van der Waals surface area contributed by atoms with Crippen LogP contribution in [0.4, 0.5) is 0 Å². The molecule has 0 saturated carbocycles. The van der Waals surface area contributed by atoms with Crippen molar-refractivity contribution in [2.75, 3.05) is 20.1 Å². The minimum absolute atomic E-state index is 0.0589. The number of hydrogen-bond donors (Lipinski definition) is 1. The number of amides is 1. The summed E-state index contributed by atoms with van der Waals surface area (Å²) >= 11 is 1.80. The number of hydrogen-bond acceptors (Lipinski definition) is 4. The van der Waals surface area contributed by atoms with Crippen LogP contribution in [-0.4, -0.2) is 57.4 Å². The molecule has 3 fully saturated rings. The number of carbonyl (C=O) groups excluding carboxylic acids is 2. The zero-order chi connectivity index (χ0) is 12.2. The summed E-state index contributed by atoms with van der Waals surface area (Å²) in [6.45, 7) is 1.59. The van der Waals surface area contributed by atoms with Crippen molar-refractivity contribution in [3.63, 3.8) is 0 Å². The van der Waals surface area contributed by atoms with Gasteiger partial charge in [-0.25, -0.2) is 0 Å². The molecule has 17 heavy (non-hydrogen) atoms. The van der Waals surface area contributed by atoms with E-state index in [9.17, 15) is 9.59 Å². The first-order valence-electron chi connectivity index (χ1n) is 6.03. The van der Waals surface area contributed by atoms with Crippen molar-refractivity contribution < 1.29 is 9.59 Å². The van der Waals surface area contributed by atoms with Crippen LogP contribution < -0.4 is 5.32 Å². The van der Waals surface area contributed by atoms with Gasteiger partial charge in [-0.3, -0.25) is 19.8 Å². The van der Waals surface area contributed by atoms with Crippen LogP contribution in [0.2, 0.25) is 0 Å². The number of fused-ring (bicyclic) bond motifs is 1. The highest BCUT2D eigenvalue weighted by molar-refractivity contribution is 14.1. The number of likely N-dealkylation sites (N-methyl/N-ethyl adjacent to an activating group) is 1. The first-order chi connectivity index (χ1) is 8.06. The normalized spacial score (nSPS) is 41.5. The molecule has 94 valence electrons. The lowest BCUT2D eigenvalue weighted by Gasteiger charge is -2.31. The standard InChI is InChI=1S/C11H16IN3O2/c1-14-4-2-3-11(14)5-8-13-6-7(9(12)16)15(8)10(11)17/h7-8,13H,2-6H2,1H3. The molecule has 1 amide bonds. The molecular formula is C11H16IN3O2. The van der Waals surface area contributed by atoms with E-state index in [0.29, 0.717) is 6.54 Å². The molecule has 0 aromatic carbocycles. The Bertz CT molecular complexity index is 389. The van der Waals surface area contributed by atoms with Gasteiger partial charge in [0.25, 0.3) is 0 Å². The second kappa shape index (κ2) is 3.89. The second-order valence-corrected chi connectivity index (χ2v) is 6.28. The highest BCUT2D eigenvalue weighted by atomic mass is 127. The minimum Gasteiger partial charge on any atom is -0.313 e. The van der Waals surface area contributed by atoms with Gasteiger partial charge >= 0.3 is 0 Å². The summed E-state index contributed by atoms with van der Waals surface area (Å²) in [5.74, 6) is 0.155. The Labute approximate surface area is 114 Å². The van der Waals surface area contributed by atoms with E-state index < -0.39 is 0 Å². The molecule has 3 aliphatic rings. The third-order valence-electron chi connectivity index (χ3n) is 4.46. The molecule has 0 aromatic rings. The van der Waals surface area contributed by atoms with E-state index in [1.807, 2.05) is 7.05 Å². The Morgan fingerprint density at radius 2 is 2.35 bits per heavy atom. The van der Waals surface area contributed by atoms with Crippen LogP contribution in [0.15, 0.2) is 0 Å². The minimum atomic E-state index is -0.331. The largest absolute Gasteiger partial charge is 0.313 e. The average molecular weight is 349 g/mol. The van der Waals surface area contributed by atoms with Crippen LogP contribution in [0.3, 0.4) is 0 Å². The monoisotopic (exact) mass is 349 g/mol. The van der Waals surface area contributed by atoms with Crippen molar-refractivity contribution in [2.24, 2.45) is 0 Å². The van der Waals surface area contributed by atoms with Crippen LogP contribution in [0.1, 0.15) is 19.3 Å². The fraction of sp³-hybridized carbons (Fsp3) is 0.818. The number of rotatable bonds is 1. The van der Waals surface area contributed by atoms with E-state index in [-0.39, 0.29) is 27.4 Å². The van der Waals surface area contributed by atoms with Gasteiger partial charge in [0, 0.05) is 35.6 Å². The van der Waals surface area contributed by atoms with Gasteiger partial charge in [-0.2, -0.15) is 0 Å². The predicted molar refractivity (Wildman–Crippen MR) is 70.7 cm³/mol. The van der Waals surface area contributed by atoms with E-state index in [1.165, 1.54) is 0 Å². The van der Waals surface area contributed by atoms with Crippen molar-refractivity contribution >= 4 is 32.3 Å². The smallest absolute Gasteiger partial charge is 0.245 e. The Morgan fingerprint density at radius 3 is 2.94 bits per heavy atom. The van der Waals surface area contributed by atoms with Gasteiger partial charge in [-0.15, -0.1) is 0 Å². The SMILES string of the molecule is CN1CCCC12CC1NCC(C(=O)I)N1C2=O. The van der Waals surface area contributed by atoms with Gasteiger partial charge in [0.2, 0.25) is 9.70 Å². The van der Waals surface area contributed by atoms with Crippen LogP contribution in [0.25, 0.3) is 0 Å². The molecule has 1 spiro atoms. The highest BCUT2D eigenvalue weighted by Gasteiger charge is 2.59. The first kappa shape index (κ1) is 11.9. The molecule has 0 aromatic heterocycles. The van der Waals surface area contributed by atoms with E-state index >= 15 is 0 Å². The Kier molecular flexibility index (Phi) is 2.71. The van der Waals surface area contributed by atoms with Gasteiger partial charge < -0.3 is 4.90 Å². The molecule has 3 unspecified atom stereocenters. The number of nitrogens with zero attached hydrogens (tertiary/aromatic N) is 2. The third kappa shape index (κ3) is 1.50. The zero-order valence-corrected chi connectivity index (χ0v) is 11.9. The summed E-state index contributed by atoms with van der Waals surface area (Å²) in [5, 5.41) is 3.30. The molecular weight excluding hydrogens is 333 g/mol. The maximum atomic E-state index is 12.6. The van der Waals surface area contributed by atoms with Crippen molar-refractivity contribution in [3.05, 3.63) is 0 Å². The fourth-order valence-electron chi connectivity index (χ4n) is 3.49. The van der Waals surface area contributed by atoms with Crippen LogP contribution >= 0.6 is 22.6 Å². The fourth-order valence-corrected chi connectivity index (χ4v) is 4.01. The lowest BCUT2D eigenvalue weighted by Crippen LogP contribution is -2.51. The molecule has 1 N–H and O–H groups in total. The van der Waals surface area contributed by atoms with E-state index in [0.717, 1.165) is 25.8 Å². The Hall–Kier alpha value is -0.210. The van der Waals surface area contributed by atoms with E-state index in [4.69, 9.17) is 0 Å². The van der Waals surface area contributed by atoms with Crippen LogP contribution in [0.5, 0.6) is 0 Å². The molecule has 0 radical (unpaired) electrons. The number of nitrogens with one attached hydrogen (secondary N) is 1. The summed E-state index contributed by atoms with van der Waals surface area (Å²) in [6.07, 6.45) is 2.89. The molecule has 5 nitrogen and oxygen atoms in total. The number of carbonyl (C=O) groups is 2. The Morgan fingerprint density at radius 1 is 1.59 bits per heavy atom. The third-order valence-corrected chi connectivity index (χ3v) is 5.18. The molecule has 0 bridgehead atoms.